The molecule has 24 heavy (non-hydrogen) atoms. The Morgan fingerprint density at radius 3 is 2.58 bits per heavy atom. The lowest BCUT2D eigenvalue weighted by Gasteiger charge is -2.17. The molecule has 4 rings (SSSR count). The number of fused-ring (bicyclic) bond motifs is 1. The third-order valence-corrected chi connectivity index (χ3v) is 4.82. The second-order valence-electron chi connectivity index (χ2n) is 6.45. The normalized spacial score (nSPS) is 14.5. The molecule has 3 aromatic rings. The van der Waals surface area contributed by atoms with Crippen LogP contribution in [0.4, 0.5) is 0 Å². The fraction of sp³-hybridized carbons (Fsp3) is 0.300. The molecule has 0 aliphatic carbocycles. The molecule has 0 unspecified atom stereocenters. The number of amides is 1. The highest BCUT2D eigenvalue weighted by Crippen LogP contribution is 2.25. The van der Waals surface area contributed by atoms with Crippen LogP contribution in [0, 0.1) is 6.92 Å². The van der Waals surface area contributed by atoms with Crippen molar-refractivity contribution in [1.82, 2.24) is 14.5 Å². The van der Waals surface area contributed by atoms with Gasteiger partial charge in [0.2, 0.25) is 5.91 Å². The first-order valence-electron chi connectivity index (χ1n) is 8.51. The van der Waals surface area contributed by atoms with Crippen LogP contribution in [0.5, 0.6) is 0 Å². The Hall–Kier alpha value is -2.62. The Labute approximate surface area is 141 Å². The summed E-state index contributed by atoms with van der Waals surface area (Å²) in [6, 6.07) is 14.4. The first-order chi connectivity index (χ1) is 11.7. The van der Waals surface area contributed by atoms with Crippen LogP contribution in [-0.4, -0.2) is 33.4 Å². The standard InChI is InChI=1S/C20H21N3O/c1-15-11-18-19(23(15)14-20(24)22-9-5-6-10-22)12-17(13-21-18)16-7-3-2-4-8-16/h2-4,7-8,11-13H,5-6,9-10,14H2,1H3. The molecule has 1 amide bonds. The van der Waals surface area contributed by atoms with Crippen LogP contribution in [-0.2, 0) is 11.3 Å². The predicted octanol–water partition coefficient (Wildman–Crippen LogP) is 3.63. The van der Waals surface area contributed by atoms with Crippen molar-refractivity contribution in [2.24, 2.45) is 0 Å². The molecule has 1 fully saturated rings. The van der Waals surface area contributed by atoms with E-state index in [0.717, 1.165) is 53.8 Å². The maximum absolute atomic E-state index is 12.5. The summed E-state index contributed by atoms with van der Waals surface area (Å²) >= 11 is 0. The van der Waals surface area contributed by atoms with E-state index in [2.05, 4.69) is 33.8 Å². The Morgan fingerprint density at radius 2 is 1.83 bits per heavy atom. The maximum atomic E-state index is 12.5. The summed E-state index contributed by atoms with van der Waals surface area (Å²) in [4.78, 5) is 19.1. The maximum Gasteiger partial charge on any atom is 0.242 e. The Bertz CT molecular complexity index is 877. The number of aryl methyl sites for hydroxylation is 1. The summed E-state index contributed by atoms with van der Waals surface area (Å²) in [5.41, 5.74) is 5.28. The van der Waals surface area contributed by atoms with E-state index in [0.29, 0.717) is 6.54 Å². The van der Waals surface area contributed by atoms with Crippen molar-refractivity contribution in [3.05, 3.63) is 54.4 Å². The van der Waals surface area contributed by atoms with Crippen LogP contribution in [0.1, 0.15) is 18.5 Å². The van der Waals surface area contributed by atoms with E-state index in [-0.39, 0.29) is 5.91 Å². The number of benzene rings is 1. The van der Waals surface area contributed by atoms with Crippen LogP contribution in [0.25, 0.3) is 22.2 Å². The van der Waals surface area contributed by atoms with Gasteiger partial charge in [0.25, 0.3) is 0 Å². The van der Waals surface area contributed by atoms with Gasteiger partial charge in [-0.05, 0) is 37.5 Å². The van der Waals surface area contributed by atoms with Crippen molar-refractivity contribution >= 4 is 16.9 Å². The van der Waals surface area contributed by atoms with Crippen LogP contribution < -0.4 is 0 Å². The number of pyridine rings is 1. The molecule has 4 heteroatoms. The minimum absolute atomic E-state index is 0.207. The minimum atomic E-state index is 0.207. The van der Waals surface area contributed by atoms with E-state index >= 15 is 0 Å². The fourth-order valence-electron chi connectivity index (χ4n) is 3.46. The second kappa shape index (κ2) is 6.11. The van der Waals surface area contributed by atoms with Gasteiger partial charge in [-0.1, -0.05) is 30.3 Å². The smallest absolute Gasteiger partial charge is 0.242 e. The molecule has 1 saturated heterocycles. The van der Waals surface area contributed by atoms with Crippen molar-refractivity contribution in [2.75, 3.05) is 13.1 Å². The highest BCUT2D eigenvalue weighted by atomic mass is 16.2. The van der Waals surface area contributed by atoms with Crippen molar-refractivity contribution < 1.29 is 4.79 Å². The molecule has 2 aromatic heterocycles. The summed E-state index contributed by atoms with van der Waals surface area (Å²) < 4.78 is 2.09. The topological polar surface area (TPSA) is 38.1 Å². The molecule has 0 bridgehead atoms. The molecule has 4 nitrogen and oxygen atoms in total. The highest BCUT2D eigenvalue weighted by molar-refractivity contribution is 5.85. The van der Waals surface area contributed by atoms with Crippen molar-refractivity contribution in [3.8, 4) is 11.1 Å². The number of carbonyl (C=O) groups excluding carboxylic acids is 1. The zero-order valence-electron chi connectivity index (χ0n) is 13.9. The quantitative estimate of drug-likeness (QED) is 0.739. The second-order valence-corrected chi connectivity index (χ2v) is 6.45. The average Bonchev–Trinajstić information content (AvgIpc) is 3.24. The summed E-state index contributed by atoms with van der Waals surface area (Å²) in [5.74, 6) is 0.207. The van der Waals surface area contributed by atoms with Gasteiger partial charge in [-0.3, -0.25) is 9.78 Å². The monoisotopic (exact) mass is 319 g/mol. The average molecular weight is 319 g/mol. The lowest BCUT2D eigenvalue weighted by molar-refractivity contribution is -0.130. The third kappa shape index (κ3) is 2.68. The molecular weight excluding hydrogens is 298 g/mol. The molecule has 1 aromatic carbocycles. The molecule has 0 spiro atoms. The van der Waals surface area contributed by atoms with Crippen LogP contribution in [0.3, 0.4) is 0 Å². The SMILES string of the molecule is Cc1cc2ncc(-c3ccccc3)cc2n1CC(=O)N1CCCC1. The number of rotatable bonds is 3. The lowest BCUT2D eigenvalue weighted by Crippen LogP contribution is -2.31. The highest BCUT2D eigenvalue weighted by Gasteiger charge is 2.19. The molecule has 0 atom stereocenters. The summed E-state index contributed by atoms with van der Waals surface area (Å²) in [6.07, 6.45) is 4.15. The van der Waals surface area contributed by atoms with Crippen molar-refractivity contribution in [1.29, 1.82) is 0 Å². The number of carbonyl (C=O) groups is 1. The molecule has 0 saturated carbocycles. The molecular formula is C20H21N3O. The van der Waals surface area contributed by atoms with Crippen molar-refractivity contribution in [2.45, 2.75) is 26.3 Å². The van der Waals surface area contributed by atoms with Gasteiger partial charge >= 0.3 is 0 Å². The number of nitrogens with zero attached hydrogens (tertiary/aromatic N) is 3. The number of hydrogen-bond acceptors (Lipinski definition) is 2. The first kappa shape index (κ1) is 14.9. The minimum Gasteiger partial charge on any atom is -0.341 e. The first-order valence-corrected chi connectivity index (χ1v) is 8.51. The number of likely N-dealkylation sites (tertiary alicyclic amines) is 1. The molecule has 3 heterocycles. The van der Waals surface area contributed by atoms with E-state index in [9.17, 15) is 4.79 Å². The van der Waals surface area contributed by atoms with E-state index in [4.69, 9.17) is 0 Å². The van der Waals surface area contributed by atoms with Gasteiger partial charge in [0, 0.05) is 30.5 Å². The van der Waals surface area contributed by atoms with Gasteiger partial charge in [-0.15, -0.1) is 0 Å². The van der Waals surface area contributed by atoms with Gasteiger partial charge in [0.1, 0.15) is 6.54 Å². The summed E-state index contributed by atoms with van der Waals surface area (Å²) in [7, 11) is 0. The predicted molar refractivity (Wildman–Crippen MR) is 95.7 cm³/mol. The Morgan fingerprint density at radius 1 is 1.08 bits per heavy atom. The molecule has 122 valence electrons. The van der Waals surface area contributed by atoms with E-state index in [1.165, 1.54) is 0 Å². The van der Waals surface area contributed by atoms with E-state index in [1.54, 1.807) is 0 Å². The van der Waals surface area contributed by atoms with Gasteiger partial charge in [0.05, 0.1) is 11.0 Å². The van der Waals surface area contributed by atoms with Gasteiger partial charge < -0.3 is 9.47 Å². The van der Waals surface area contributed by atoms with Gasteiger partial charge in [-0.2, -0.15) is 0 Å². The fourth-order valence-corrected chi connectivity index (χ4v) is 3.46. The van der Waals surface area contributed by atoms with E-state index in [1.807, 2.05) is 36.2 Å². The Balaban J connectivity index is 1.71. The van der Waals surface area contributed by atoms with Crippen LogP contribution in [0.2, 0.25) is 0 Å². The number of aromatic nitrogens is 2. The van der Waals surface area contributed by atoms with Crippen LogP contribution in [0.15, 0.2) is 48.7 Å². The number of hydrogen-bond donors (Lipinski definition) is 0. The van der Waals surface area contributed by atoms with Crippen molar-refractivity contribution in [3.63, 3.8) is 0 Å². The third-order valence-electron chi connectivity index (χ3n) is 4.82. The molecule has 1 aliphatic heterocycles. The van der Waals surface area contributed by atoms with Gasteiger partial charge in [0.15, 0.2) is 0 Å². The molecule has 1 aliphatic rings. The molecule has 0 N–H and O–H groups in total. The zero-order chi connectivity index (χ0) is 16.5. The largest absolute Gasteiger partial charge is 0.341 e. The van der Waals surface area contributed by atoms with Crippen LogP contribution >= 0.6 is 0 Å². The van der Waals surface area contributed by atoms with Gasteiger partial charge in [-0.25, -0.2) is 0 Å². The van der Waals surface area contributed by atoms with E-state index < -0.39 is 0 Å². The summed E-state index contributed by atoms with van der Waals surface area (Å²) in [6.45, 7) is 4.23. The molecule has 0 radical (unpaired) electrons. The zero-order valence-corrected chi connectivity index (χ0v) is 13.9. The lowest BCUT2D eigenvalue weighted by atomic mass is 10.1. The summed E-state index contributed by atoms with van der Waals surface area (Å²) in [5, 5.41) is 0. The Kier molecular flexibility index (Phi) is 3.81.